The van der Waals surface area contributed by atoms with E-state index in [1.54, 1.807) is 12.0 Å². The Morgan fingerprint density at radius 2 is 2.00 bits per heavy atom. The van der Waals surface area contributed by atoms with Gasteiger partial charge in [0, 0.05) is 30.5 Å². The molecular formula is C19H24N4O3S. The maximum absolute atomic E-state index is 12.4. The molecule has 0 unspecified atom stereocenters. The van der Waals surface area contributed by atoms with Crippen LogP contribution in [0.3, 0.4) is 0 Å². The molecule has 1 aromatic carbocycles. The highest BCUT2D eigenvalue weighted by Gasteiger charge is 2.34. The Morgan fingerprint density at radius 3 is 2.63 bits per heavy atom. The summed E-state index contributed by atoms with van der Waals surface area (Å²) in [5.74, 6) is 0.754. The van der Waals surface area contributed by atoms with Crippen molar-refractivity contribution in [2.24, 2.45) is 5.92 Å². The molecule has 0 spiro atoms. The average molecular weight is 388 g/mol. The quantitative estimate of drug-likeness (QED) is 0.785. The number of hydrogen-bond donors (Lipinski definition) is 1. The smallest absolute Gasteiger partial charge is 0.229 e. The van der Waals surface area contributed by atoms with Crippen molar-refractivity contribution in [2.75, 3.05) is 23.9 Å². The van der Waals surface area contributed by atoms with E-state index >= 15 is 0 Å². The van der Waals surface area contributed by atoms with Crippen molar-refractivity contribution in [3.05, 3.63) is 29.3 Å². The van der Waals surface area contributed by atoms with Gasteiger partial charge in [-0.15, -0.1) is 10.2 Å². The number of amides is 2. The Morgan fingerprint density at radius 1 is 1.30 bits per heavy atom. The molecule has 2 amide bonds. The third-order valence-corrected chi connectivity index (χ3v) is 5.89. The number of nitrogens with one attached hydrogen (secondary N) is 1. The number of rotatable bonds is 7. The zero-order chi connectivity index (χ0) is 19.4. The van der Waals surface area contributed by atoms with Gasteiger partial charge in [0.1, 0.15) is 10.8 Å². The summed E-state index contributed by atoms with van der Waals surface area (Å²) >= 11 is 1.35. The second-order valence-electron chi connectivity index (χ2n) is 6.55. The topological polar surface area (TPSA) is 84.4 Å². The van der Waals surface area contributed by atoms with Crippen LogP contribution in [0.15, 0.2) is 24.3 Å². The second-order valence-corrected chi connectivity index (χ2v) is 7.56. The molecule has 2 aromatic rings. The van der Waals surface area contributed by atoms with E-state index < -0.39 is 0 Å². The van der Waals surface area contributed by atoms with Gasteiger partial charge in [-0.1, -0.05) is 25.2 Å². The second kappa shape index (κ2) is 8.47. The number of ether oxygens (including phenoxy) is 1. The van der Waals surface area contributed by atoms with Crippen LogP contribution in [0.4, 0.5) is 10.8 Å². The highest BCUT2D eigenvalue weighted by atomic mass is 32.1. The zero-order valence-electron chi connectivity index (χ0n) is 15.8. The molecule has 0 radical (unpaired) electrons. The first-order valence-electron chi connectivity index (χ1n) is 9.14. The summed E-state index contributed by atoms with van der Waals surface area (Å²) in [7, 11) is 1.61. The lowest BCUT2D eigenvalue weighted by atomic mass is 10.0. The molecular weight excluding hydrogens is 364 g/mol. The molecule has 1 atom stereocenters. The van der Waals surface area contributed by atoms with Crippen LogP contribution >= 0.6 is 11.3 Å². The van der Waals surface area contributed by atoms with Crippen molar-refractivity contribution >= 4 is 34.0 Å². The van der Waals surface area contributed by atoms with Gasteiger partial charge in [-0.2, -0.15) is 0 Å². The van der Waals surface area contributed by atoms with Gasteiger partial charge < -0.3 is 15.0 Å². The molecule has 144 valence electrons. The van der Waals surface area contributed by atoms with Crippen LogP contribution in [0.2, 0.25) is 0 Å². The molecule has 2 heterocycles. The summed E-state index contributed by atoms with van der Waals surface area (Å²) in [6.45, 7) is 4.55. The van der Waals surface area contributed by atoms with Gasteiger partial charge in [0.15, 0.2) is 0 Å². The SMILES string of the molecule is CCC(CC)C(=O)Nc1nnc([C@H]2CC(=O)N(c3ccc(OC)cc3)C2)s1. The number of benzene rings is 1. The molecule has 1 N–H and O–H groups in total. The Balaban J connectivity index is 1.66. The fourth-order valence-electron chi connectivity index (χ4n) is 3.20. The molecule has 27 heavy (non-hydrogen) atoms. The maximum Gasteiger partial charge on any atom is 0.229 e. The molecule has 1 aliphatic heterocycles. The summed E-state index contributed by atoms with van der Waals surface area (Å²) in [6.07, 6.45) is 1.98. The van der Waals surface area contributed by atoms with E-state index in [1.807, 2.05) is 38.1 Å². The lowest BCUT2D eigenvalue weighted by Gasteiger charge is -2.16. The van der Waals surface area contributed by atoms with Crippen LogP contribution in [0.5, 0.6) is 5.75 Å². The molecule has 1 aromatic heterocycles. The summed E-state index contributed by atoms with van der Waals surface area (Å²) < 4.78 is 5.16. The predicted octanol–water partition coefficient (Wildman–Crippen LogP) is 3.44. The highest BCUT2D eigenvalue weighted by Crippen LogP contribution is 2.34. The Labute approximate surface area is 162 Å². The largest absolute Gasteiger partial charge is 0.497 e. The Kier molecular flexibility index (Phi) is 6.05. The lowest BCUT2D eigenvalue weighted by Crippen LogP contribution is -2.24. The fourth-order valence-corrected chi connectivity index (χ4v) is 4.04. The molecule has 7 nitrogen and oxygen atoms in total. The molecule has 0 saturated carbocycles. The van der Waals surface area contributed by atoms with Crippen molar-refractivity contribution in [2.45, 2.75) is 39.0 Å². The van der Waals surface area contributed by atoms with E-state index in [4.69, 9.17) is 4.74 Å². The number of aromatic nitrogens is 2. The zero-order valence-corrected chi connectivity index (χ0v) is 16.6. The first-order chi connectivity index (χ1) is 13.0. The average Bonchev–Trinajstić information content (AvgIpc) is 3.29. The van der Waals surface area contributed by atoms with Gasteiger partial charge in [-0.25, -0.2) is 0 Å². The number of carbonyl (C=O) groups excluding carboxylic acids is 2. The summed E-state index contributed by atoms with van der Waals surface area (Å²) in [6, 6.07) is 7.43. The van der Waals surface area contributed by atoms with E-state index in [0.717, 1.165) is 29.3 Å². The van der Waals surface area contributed by atoms with E-state index in [-0.39, 0.29) is 23.7 Å². The van der Waals surface area contributed by atoms with Crippen LogP contribution in [0.1, 0.15) is 44.0 Å². The van der Waals surface area contributed by atoms with Gasteiger partial charge in [0.25, 0.3) is 0 Å². The minimum Gasteiger partial charge on any atom is -0.497 e. The van der Waals surface area contributed by atoms with Crippen molar-refractivity contribution < 1.29 is 14.3 Å². The van der Waals surface area contributed by atoms with Gasteiger partial charge >= 0.3 is 0 Å². The number of hydrogen-bond acceptors (Lipinski definition) is 6. The summed E-state index contributed by atoms with van der Waals surface area (Å²) in [5, 5.41) is 12.4. The van der Waals surface area contributed by atoms with E-state index in [9.17, 15) is 9.59 Å². The van der Waals surface area contributed by atoms with Crippen LogP contribution in [0, 0.1) is 5.92 Å². The van der Waals surface area contributed by atoms with Crippen LogP contribution in [-0.4, -0.2) is 35.7 Å². The Bertz CT molecular complexity index is 802. The summed E-state index contributed by atoms with van der Waals surface area (Å²) in [5.41, 5.74) is 0.843. The fraction of sp³-hybridized carbons (Fsp3) is 0.474. The number of anilines is 2. The van der Waals surface area contributed by atoms with Crippen LogP contribution in [0.25, 0.3) is 0 Å². The number of carbonyl (C=O) groups is 2. The van der Waals surface area contributed by atoms with Crippen molar-refractivity contribution in [1.29, 1.82) is 0 Å². The van der Waals surface area contributed by atoms with Gasteiger partial charge in [-0.05, 0) is 37.1 Å². The minimum absolute atomic E-state index is 0.0176. The normalized spacial score (nSPS) is 16.8. The molecule has 1 fully saturated rings. The molecule has 0 bridgehead atoms. The first kappa shape index (κ1) is 19.3. The molecule has 0 aliphatic carbocycles. The standard InChI is InChI=1S/C19H24N4O3S/c1-4-12(5-2)17(25)20-19-22-21-18(27-19)13-10-16(24)23(11-13)14-6-8-15(26-3)9-7-14/h6-9,12-13H,4-5,10-11H2,1-3H3,(H,20,22,25)/t13-/m0/s1. The monoisotopic (exact) mass is 388 g/mol. The molecule has 1 aliphatic rings. The summed E-state index contributed by atoms with van der Waals surface area (Å²) in [4.78, 5) is 26.4. The lowest BCUT2D eigenvalue weighted by molar-refractivity contribution is -0.120. The first-order valence-corrected chi connectivity index (χ1v) is 9.96. The molecule has 3 rings (SSSR count). The van der Waals surface area contributed by atoms with Crippen LogP contribution in [-0.2, 0) is 9.59 Å². The van der Waals surface area contributed by atoms with Crippen molar-refractivity contribution in [1.82, 2.24) is 10.2 Å². The molecule has 8 heteroatoms. The van der Waals surface area contributed by atoms with Crippen molar-refractivity contribution in [3.63, 3.8) is 0 Å². The predicted molar refractivity (Wildman–Crippen MR) is 105 cm³/mol. The van der Waals surface area contributed by atoms with Gasteiger partial charge in [0.05, 0.1) is 7.11 Å². The number of nitrogens with zero attached hydrogens (tertiary/aromatic N) is 3. The van der Waals surface area contributed by atoms with Crippen molar-refractivity contribution in [3.8, 4) is 5.75 Å². The Hall–Kier alpha value is -2.48. The molecule has 1 saturated heterocycles. The van der Waals surface area contributed by atoms with Gasteiger partial charge in [0.2, 0.25) is 16.9 Å². The van der Waals surface area contributed by atoms with Gasteiger partial charge in [-0.3, -0.25) is 9.59 Å². The van der Waals surface area contributed by atoms with E-state index in [2.05, 4.69) is 15.5 Å². The minimum atomic E-state index is -0.0231. The third kappa shape index (κ3) is 4.27. The van der Waals surface area contributed by atoms with E-state index in [0.29, 0.717) is 18.1 Å². The van der Waals surface area contributed by atoms with Crippen LogP contribution < -0.4 is 15.0 Å². The maximum atomic E-state index is 12.4. The highest BCUT2D eigenvalue weighted by molar-refractivity contribution is 7.15. The number of methoxy groups -OCH3 is 1. The third-order valence-electron chi connectivity index (χ3n) is 4.89. The van der Waals surface area contributed by atoms with E-state index in [1.165, 1.54) is 11.3 Å².